The molecule has 2 aromatic carbocycles. The Morgan fingerprint density at radius 1 is 0.921 bits per heavy atom. The molecule has 0 bridgehead atoms. The fourth-order valence-electron chi connectivity index (χ4n) is 6.94. The average Bonchev–Trinajstić information content (AvgIpc) is 3.33. The molecule has 4 nitrogen and oxygen atoms in total. The highest BCUT2D eigenvalue weighted by atomic mass is 32.1. The largest absolute Gasteiger partial charge is 0.344 e. The zero-order valence-corrected chi connectivity index (χ0v) is 23.9. The molecule has 0 atom stereocenters. The predicted molar refractivity (Wildman–Crippen MR) is 157 cm³/mol. The first-order chi connectivity index (χ1) is 18.4. The van der Waals surface area contributed by atoms with Gasteiger partial charge in [0, 0.05) is 48.0 Å². The molecule has 2 aliphatic rings. The lowest BCUT2D eigenvalue weighted by Gasteiger charge is -2.20. The van der Waals surface area contributed by atoms with Crippen molar-refractivity contribution in [3.05, 3.63) is 75.5 Å². The topological polar surface area (TPSA) is 26.0 Å². The smallest absolute Gasteiger partial charge is 0.133 e. The van der Waals surface area contributed by atoms with E-state index in [1.165, 1.54) is 48.7 Å². The molecule has 0 amide bonds. The zero-order chi connectivity index (χ0) is 26.4. The molecule has 200 valence electrons. The lowest BCUT2D eigenvalue weighted by atomic mass is 9.86. The van der Waals surface area contributed by atoms with Gasteiger partial charge >= 0.3 is 0 Å². The third-order valence-electron chi connectivity index (χ3n) is 8.97. The van der Waals surface area contributed by atoms with Crippen molar-refractivity contribution in [2.45, 2.75) is 84.7 Å². The summed E-state index contributed by atoms with van der Waals surface area (Å²) in [6.07, 6.45) is 10.6. The van der Waals surface area contributed by atoms with Crippen molar-refractivity contribution in [1.82, 2.24) is 18.7 Å². The Labute approximate surface area is 231 Å². The van der Waals surface area contributed by atoms with Crippen LogP contribution in [0.15, 0.2) is 30.3 Å². The molecule has 2 aromatic heterocycles. The summed E-state index contributed by atoms with van der Waals surface area (Å²) in [5.74, 6) is -0.166. The number of aromatic nitrogens is 3. The van der Waals surface area contributed by atoms with E-state index in [1.54, 1.807) is 22.8 Å². The van der Waals surface area contributed by atoms with Gasteiger partial charge in [0.1, 0.15) is 5.82 Å². The van der Waals surface area contributed by atoms with Gasteiger partial charge in [0.05, 0.1) is 17.8 Å². The minimum absolute atomic E-state index is 0.166. The molecule has 0 saturated heterocycles. The third-order valence-corrected chi connectivity index (χ3v) is 9.31. The summed E-state index contributed by atoms with van der Waals surface area (Å²) in [5, 5.41) is 5.98. The van der Waals surface area contributed by atoms with E-state index in [0.29, 0.717) is 12.1 Å². The molecule has 0 fully saturated rings. The molecule has 38 heavy (non-hydrogen) atoms. The highest BCUT2D eigenvalue weighted by Crippen LogP contribution is 2.40. The molecule has 0 spiro atoms. The van der Waals surface area contributed by atoms with Gasteiger partial charge in [-0.25, -0.2) is 8.70 Å². The van der Waals surface area contributed by atoms with Gasteiger partial charge in [-0.05, 0) is 106 Å². The minimum Gasteiger partial charge on any atom is -0.344 e. The van der Waals surface area contributed by atoms with Crippen LogP contribution in [0.2, 0.25) is 0 Å². The van der Waals surface area contributed by atoms with Crippen molar-refractivity contribution in [1.29, 1.82) is 0 Å². The van der Waals surface area contributed by atoms with Crippen molar-refractivity contribution in [3.63, 3.8) is 0 Å². The first kappa shape index (κ1) is 25.7. The van der Waals surface area contributed by atoms with E-state index in [9.17, 15) is 0 Å². The fraction of sp³-hybridized carbons (Fsp3) is 0.469. The van der Waals surface area contributed by atoms with Crippen LogP contribution < -0.4 is 0 Å². The Hall–Kier alpha value is -2.57. The first-order valence-corrected chi connectivity index (χ1v) is 14.7. The van der Waals surface area contributed by atoms with Crippen LogP contribution in [0, 0.1) is 19.7 Å². The van der Waals surface area contributed by atoms with Gasteiger partial charge in [-0.3, -0.25) is 4.68 Å². The molecule has 0 N–H and O–H groups in total. The summed E-state index contributed by atoms with van der Waals surface area (Å²) < 4.78 is 22.0. The van der Waals surface area contributed by atoms with E-state index >= 15 is 4.39 Å². The second-order valence-corrected chi connectivity index (χ2v) is 11.8. The number of unbranched alkanes of at least 4 members (excludes halogenated alkanes) is 1. The maximum Gasteiger partial charge on any atom is 0.133 e. The van der Waals surface area contributed by atoms with Gasteiger partial charge < -0.3 is 4.57 Å². The molecule has 1 aliphatic carbocycles. The van der Waals surface area contributed by atoms with Crippen LogP contribution >= 0.6 is 12.8 Å². The molecule has 0 unspecified atom stereocenters. The second-order valence-electron chi connectivity index (χ2n) is 11.3. The third kappa shape index (κ3) is 4.50. The van der Waals surface area contributed by atoms with Gasteiger partial charge in [0.25, 0.3) is 0 Å². The van der Waals surface area contributed by atoms with Crippen molar-refractivity contribution in [2.24, 2.45) is 7.05 Å². The van der Waals surface area contributed by atoms with Gasteiger partial charge in [-0.2, -0.15) is 5.10 Å². The summed E-state index contributed by atoms with van der Waals surface area (Å²) in [4.78, 5) is 0. The lowest BCUT2D eigenvalue weighted by Crippen LogP contribution is -2.18. The maximum atomic E-state index is 15.7. The number of hydrogen-bond acceptors (Lipinski definition) is 3. The quantitative estimate of drug-likeness (QED) is 0.217. The molecule has 1 aliphatic heterocycles. The van der Waals surface area contributed by atoms with Crippen molar-refractivity contribution in [3.8, 4) is 11.1 Å². The molecule has 4 aromatic rings. The molecule has 3 heterocycles. The Morgan fingerprint density at radius 2 is 1.74 bits per heavy atom. The number of nitrogens with zero attached hydrogens (tertiary/aromatic N) is 4. The van der Waals surface area contributed by atoms with E-state index < -0.39 is 0 Å². The average molecular weight is 531 g/mol. The van der Waals surface area contributed by atoms with Crippen LogP contribution in [0.1, 0.15) is 71.4 Å². The van der Waals surface area contributed by atoms with Gasteiger partial charge in [0.15, 0.2) is 0 Å². The number of thiol groups is 1. The SMILES string of the molecule is Cc1c2c(nn1C)CN(S)CCCn1c(C)c(CCCCc3cccc4c3CCCC4)c3ccc(F)c-2c31. The van der Waals surface area contributed by atoms with Crippen LogP contribution in [0.3, 0.4) is 0 Å². The molecule has 0 saturated carbocycles. The van der Waals surface area contributed by atoms with E-state index in [0.717, 1.165) is 61.2 Å². The zero-order valence-electron chi connectivity index (χ0n) is 23.0. The minimum atomic E-state index is -0.166. The highest BCUT2D eigenvalue weighted by Gasteiger charge is 2.27. The molecule has 6 rings (SSSR count). The van der Waals surface area contributed by atoms with Crippen molar-refractivity contribution < 1.29 is 4.39 Å². The maximum absolute atomic E-state index is 15.7. The first-order valence-electron chi connectivity index (χ1n) is 14.3. The van der Waals surface area contributed by atoms with Crippen LogP contribution in [-0.2, 0) is 45.8 Å². The predicted octanol–water partition coefficient (Wildman–Crippen LogP) is 7.29. The number of halogens is 1. The summed E-state index contributed by atoms with van der Waals surface area (Å²) in [7, 11) is 1.95. The Balaban J connectivity index is 1.35. The van der Waals surface area contributed by atoms with E-state index in [-0.39, 0.29) is 5.82 Å². The molecular formula is C32H39FN4S. The standard InChI is InChI=1S/C32H39FN4S/c1-21-25(14-6-4-10-23-12-8-13-24-11-5-7-15-26(23)24)27-16-17-28(33)31-30-22(2)35(3)34-29(30)20-36(38)18-9-19-37(21)32(27)31/h8,12-13,16-17,38H,4-7,9-11,14-15,18-20H2,1-3H3. The molecule has 6 heteroatoms. The number of benzene rings is 2. The normalized spacial score (nSPS) is 16.0. The molecule has 0 radical (unpaired) electrons. The number of fused-ring (bicyclic) bond motifs is 3. The second kappa shape index (κ2) is 10.5. The van der Waals surface area contributed by atoms with Crippen molar-refractivity contribution >= 4 is 23.7 Å². The van der Waals surface area contributed by atoms with Crippen LogP contribution in [0.4, 0.5) is 4.39 Å². The number of rotatable bonds is 5. The summed E-state index contributed by atoms with van der Waals surface area (Å²) in [6, 6.07) is 10.6. The summed E-state index contributed by atoms with van der Waals surface area (Å²) >= 11 is 4.71. The van der Waals surface area contributed by atoms with Crippen LogP contribution in [-0.4, -0.2) is 25.2 Å². The van der Waals surface area contributed by atoms with Gasteiger partial charge in [-0.15, -0.1) is 0 Å². The number of aryl methyl sites for hydroxylation is 5. The van der Waals surface area contributed by atoms with Gasteiger partial charge in [0.2, 0.25) is 0 Å². The lowest BCUT2D eigenvalue weighted by molar-refractivity contribution is 0.434. The Morgan fingerprint density at radius 3 is 2.61 bits per heavy atom. The van der Waals surface area contributed by atoms with E-state index in [2.05, 4.69) is 29.7 Å². The Bertz CT molecular complexity index is 1500. The molecular weight excluding hydrogens is 491 g/mol. The summed E-state index contributed by atoms with van der Waals surface area (Å²) in [5.41, 5.74) is 12.0. The highest BCUT2D eigenvalue weighted by molar-refractivity contribution is 7.77. The fourth-order valence-corrected chi connectivity index (χ4v) is 7.21. The van der Waals surface area contributed by atoms with Gasteiger partial charge in [-0.1, -0.05) is 31.0 Å². The van der Waals surface area contributed by atoms with Crippen LogP contribution in [0.5, 0.6) is 0 Å². The summed E-state index contributed by atoms with van der Waals surface area (Å²) in [6.45, 7) is 6.60. The van der Waals surface area contributed by atoms with Crippen molar-refractivity contribution in [2.75, 3.05) is 6.54 Å². The number of hydrogen-bond donors (Lipinski definition) is 1. The van der Waals surface area contributed by atoms with E-state index in [1.807, 2.05) is 29.0 Å². The van der Waals surface area contributed by atoms with E-state index in [4.69, 9.17) is 17.9 Å². The monoisotopic (exact) mass is 530 g/mol. The Kier molecular flexibility index (Phi) is 7.12. The van der Waals surface area contributed by atoms with Crippen LogP contribution in [0.25, 0.3) is 22.0 Å².